The van der Waals surface area contributed by atoms with Gasteiger partial charge in [0.1, 0.15) is 18.0 Å². The third kappa shape index (κ3) is 6.04. The fourth-order valence-electron chi connectivity index (χ4n) is 3.29. The summed E-state index contributed by atoms with van der Waals surface area (Å²) < 4.78 is 11.1. The third-order valence-electron chi connectivity index (χ3n) is 4.80. The number of non-ortho nitro benzene ring substituents is 1. The number of nitro benzene ring substituents is 1. The molecule has 8 heteroatoms. The van der Waals surface area contributed by atoms with Gasteiger partial charge in [-0.25, -0.2) is 4.79 Å². The molecule has 0 aliphatic carbocycles. The number of amides is 1. The van der Waals surface area contributed by atoms with Crippen LogP contribution in [0.15, 0.2) is 48.7 Å². The Kier molecular flexibility index (Phi) is 6.58. The fraction of sp³-hybridized carbons (Fsp3) is 0.391. The lowest BCUT2D eigenvalue weighted by molar-refractivity contribution is -0.384. The van der Waals surface area contributed by atoms with E-state index in [0.717, 1.165) is 16.8 Å². The highest BCUT2D eigenvalue weighted by Crippen LogP contribution is 2.28. The van der Waals surface area contributed by atoms with Crippen LogP contribution in [-0.4, -0.2) is 39.6 Å². The van der Waals surface area contributed by atoms with Crippen molar-refractivity contribution in [2.45, 2.75) is 39.9 Å². The van der Waals surface area contributed by atoms with Gasteiger partial charge in [-0.2, -0.15) is 0 Å². The van der Waals surface area contributed by atoms with Crippen molar-refractivity contribution in [3.05, 3.63) is 70.0 Å². The zero-order valence-corrected chi connectivity index (χ0v) is 18.2. The molecule has 1 aromatic carbocycles. The highest BCUT2D eigenvalue weighted by atomic mass is 16.6. The first kappa shape index (κ1) is 22.3. The van der Waals surface area contributed by atoms with E-state index in [0.29, 0.717) is 18.8 Å². The van der Waals surface area contributed by atoms with Crippen molar-refractivity contribution < 1.29 is 19.2 Å². The van der Waals surface area contributed by atoms with Gasteiger partial charge in [0.25, 0.3) is 5.69 Å². The summed E-state index contributed by atoms with van der Waals surface area (Å²) in [7, 11) is 0. The summed E-state index contributed by atoms with van der Waals surface area (Å²) in [4.78, 5) is 28.7. The van der Waals surface area contributed by atoms with Gasteiger partial charge in [0, 0.05) is 31.4 Å². The molecule has 1 aliphatic heterocycles. The van der Waals surface area contributed by atoms with Crippen molar-refractivity contribution in [3.63, 3.8) is 0 Å². The first-order chi connectivity index (χ1) is 14.6. The number of rotatable bonds is 5. The zero-order valence-electron chi connectivity index (χ0n) is 18.2. The molecule has 2 heterocycles. The molecule has 2 aromatic rings. The summed E-state index contributed by atoms with van der Waals surface area (Å²) in [6, 6.07) is 9.84. The van der Waals surface area contributed by atoms with Crippen LogP contribution in [0.5, 0.6) is 5.75 Å². The highest BCUT2D eigenvalue weighted by Gasteiger charge is 2.27. The number of aromatic nitrogens is 1. The van der Waals surface area contributed by atoms with Crippen LogP contribution in [0.25, 0.3) is 5.57 Å². The summed E-state index contributed by atoms with van der Waals surface area (Å²) in [6.45, 7) is 9.01. The van der Waals surface area contributed by atoms with Crippen molar-refractivity contribution in [2.24, 2.45) is 5.92 Å². The van der Waals surface area contributed by atoms with Gasteiger partial charge in [-0.1, -0.05) is 19.1 Å². The summed E-state index contributed by atoms with van der Waals surface area (Å²) in [5, 5.41) is 10.7. The maximum atomic E-state index is 12.3. The summed E-state index contributed by atoms with van der Waals surface area (Å²) in [5.41, 5.74) is 2.42. The van der Waals surface area contributed by atoms with E-state index in [1.807, 2.05) is 39.0 Å². The van der Waals surface area contributed by atoms with Gasteiger partial charge in [0.15, 0.2) is 0 Å². The minimum atomic E-state index is -0.513. The Hall–Kier alpha value is -3.42. The molecular formula is C23H27N3O5. The highest BCUT2D eigenvalue weighted by molar-refractivity contribution is 5.73. The summed E-state index contributed by atoms with van der Waals surface area (Å²) in [6.07, 6.45) is 3.55. The molecule has 1 aromatic heterocycles. The van der Waals surface area contributed by atoms with E-state index >= 15 is 0 Å². The molecule has 1 atom stereocenters. The topological polar surface area (TPSA) is 94.8 Å². The lowest BCUT2D eigenvalue weighted by Gasteiger charge is -2.33. The van der Waals surface area contributed by atoms with Gasteiger partial charge in [-0.15, -0.1) is 0 Å². The van der Waals surface area contributed by atoms with Gasteiger partial charge < -0.3 is 14.4 Å². The number of hydrogen-bond donors (Lipinski definition) is 0. The molecule has 0 fully saturated rings. The number of nitrogens with zero attached hydrogens (tertiary/aromatic N) is 3. The van der Waals surface area contributed by atoms with Gasteiger partial charge in [-0.05, 0) is 56.0 Å². The minimum Gasteiger partial charge on any atom is -0.487 e. The lowest BCUT2D eigenvalue weighted by Crippen LogP contribution is -2.41. The van der Waals surface area contributed by atoms with Crippen molar-refractivity contribution >= 4 is 17.4 Å². The van der Waals surface area contributed by atoms with E-state index < -0.39 is 10.5 Å². The number of carbonyl (C=O) groups is 1. The van der Waals surface area contributed by atoms with Crippen molar-refractivity contribution in [1.82, 2.24) is 9.88 Å². The Morgan fingerprint density at radius 3 is 2.48 bits per heavy atom. The van der Waals surface area contributed by atoms with E-state index in [9.17, 15) is 14.9 Å². The summed E-state index contributed by atoms with van der Waals surface area (Å²) in [5.74, 6) is 0.701. The van der Waals surface area contributed by atoms with Gasteiger partial charge in [-0.3, -0.25) is 15.1 Å². The number of nitro groups is 1. The molecule has 31 heavy (non-hydrogen) atoms. The van der Waals surface area contributed by atoms with Crippen LogP contribution in [0, 0.1) is 16.0 Å². The number of ether oxygens (including phenoxy) is 2. The minimum absolute atomic E-state index is 0.0231. The first-order valence-electron chi connectivity index (χ1n) is 10.1. The first-order valence-corrected chi connectivity index (χ1v) is 10.1. The second kappa shape index (κ2) is 9.16. The Balaban J connectivity index is 1.59. The predicted octanol–water partition coefficient (Wildman–Crippen LogP) is 4.84. The van der Waals surface area contributed by atoms with E-state index in [4.69, 9.17) is 9.47 Å². The van der Waals surface area contributed by atoms with Crippen LogP contribution in [0.4, 0.5) is 10.5 Å². The second-order valence-corrected chi connectivity index (χ2v) is 8.52. The zero-order chi connectivity index (χ0) is 22.6. The van der Waals surface area contributed by atoms with Crippen molar-refractivity contribution in [1.29, 1.82) is 0 Å². The van der Waals surface area contributed by atoms with Gasteiger partial charge in [0.2, 0.25) is 0 Å². The molecule has 0 spiro atoms. The monoisotopic (exact) mass is 425 g/mol. The molecular weight excluding hydrogens is 398 g/mol. The third-order valence-corrected chi connectivity index (χ3v) is 4.80. The van der Waals surface area contributed by atoms with Crippen molar-refractivity contribution in [2.75, 3.05) is 13.1 Å². The molecule has 3 rings (SSSR count). The maximum absolute atomic E-state index is 12.3. The summed E-state index contributed by atoms with van der Waals surface area (Å²) >= 11 is 0. The standard InChI is InChI=1S/C23H27N3O5/c1-16-14-25(22(27)31-23(2,3)4)12-11-21(16)17-5-6-18(24-13-17)15-30-20-9-7-19(8-10-20)26(28)29/h5-11,13,16H,12,14-15H2,1-4H3. The molecule has 164 valence electrons. The smallest absolute Gasteiger partial charge is 0.410 e. The lowest BCUT2D eigenvalue weighted by atomic mass is 9.91. The number of carbonyl (C=O) groups excluding carboxylic acids is 1. The maximum Gasteiger partial charge on any atom is 0.410 e. The SMILES string of the molecule is CC1CN(C(=O)OC(C)(C)C)CC=C1c1ccc(COc2ccc([N+](=O)[O-])cc2)nc1. The largest absolute Gasteiger partial charge is 0.487 e. The van der Waals surface area contributed by atoms with E-state index in [1.165, 1.54) is 12.1 Å². The van der Waals surface area contributed by atoms with E-state index in [2.05, 4.69) is 11.9 Å². The van der Waals surface area contributed by atoms with Gasteiger partial charge in [0.05, 0.1) is 10.6 Å². The quantitative estimate of drug-likeness (QED) is 0.503. The van der Waals surface area contributed by atoms with Crippen molar-refractivity contribution in [3.8, 4) is 5.75 Å². The molecule has 0 saturated heterocycles. The van der Waals surface area contributed by atoms with Crippen LogP contribution in [0.3, 0.4) is 0 Å². The number of benzene rings is 1. The van der Waals surface area contributed by atoms with E-state index in [-0.39, 0.29) is 24.3 Å². The Bertz CT molecular complexity index is 962. The van der Waals surface area contributed by atoms with Crippen LogP contribution < -0.4 is 4.74 Å². The van der Waals surface area contributed by atoms with Crippen LogP contribution in [-0.2, 0) is 11.3 Å². The van der Waals surface area contributed by atoms with Gasteiger partial charge >= 0.3 is 6.09 Å². The average Bonchev–Trinajstić information content (AvgIpc) is 2.71. The molecule has 1 unspecified atom stereocenters. The molecule has 1 amide bonds. The Morgan fingerprint density at radius 1 is 1.23 bits per heavy atom. The van der Waals surface area contributed by atoms with Crippen LogP contribution in [0.2, 0.25) is 0 Å². The second-order valence-electron chi connectivity index (χ2n) is 8.52. The normalized spacial score (nSPS) is 16.5. The average molecular weight is 425 g/mol. The fourth-order valence-corrected chi connectivity index (χ4v) is 3.29. The molecule has 0 saturated carbocycles. The number of hydrogen-bond acceptors (Lipinski definition) is 6. The molecule has 1 aliphatic rings. The Morgan fingerprint density at radius 2 is 1.94 bits per heavy atom. The Labute approximate surface area is 181 Å². The number of pyridine rings is 1. The molecule has 0 bridgehead atoms. The predicted molar refractivity (Wildman–Crippen MR) is 117 cm³/mol. The van der Waals surface area contributed by atoms with Crippen LogP contribution >= 0.6 is 0 Å². The van der Waals surface area contributed by atoms with E-state index in [1.54, 1.807) is 23.2 Å². The molecule has 0 N–H and O–H groups in total. The molecule has 8 nitrogen and oxygen atoms in total. The van der Waals surface area contributed by atoms with Crippen LogP contribution in [0.1, 0.15) is 39.0 Å². The molecule has 0 radical (unpaired) electrons.